The summed E-state index contributed by atoms with van der Waals surface area (Å²) in [7, 11) is -3.93. The van der Waals surface area contributed by atoms with Gasteiger partial charge in [-0.05, 0) is 48.5 Å². The highest BCUT2D eigenvalue weighted by Gasteiger charge is 2.15. The molecule has 4 N–H and O–H groups in total. The number of hydrogen-bond acceptors (Lipinski definition) is 5. The average Bonchev–Trinajstić information content (AvgIpc) is 2.60. The minimum atomic E-state index is -3.93. The Morgan fingerprint density at radius 3 is 1.88 bits per heavy atom. The molecule has 2 aromatic rings. The maximum absolute atomic E-state index is 12.3. The lowest BCUT2D eigenvalue weighted by Gasteiger charge is -2.09. The normalized spacial score (nSPS) is 10.8. The second-order valence-corrected chi connectivity index (χ2v) is 6.77. The molecule has 0 aliphatic rings. The minimum absolute atomic E-state index is 0.0410. The fourth-order valence-electron chi connectivity index (χ4n) is 1.94. The van der Waals surface area contributed by atoms with Crippen molar-refractivity contribution in [2.24, 2.45) is 0 Å². The molecule has 136 valence electrons. The van der Waals surface area contributed by atoms with Crippen LogP contribution >= 0.6 is 0 Å². The Kier molecular flexibility index (Phi) is 5.58. The number of rotatable bonds is 7. The minimum Gasteiger partial charge on any atom is -0.480 e. The maximum atomic E-state index is 12.3. The number of aliphatic carboxylic acids is 1. The Hall–Kier alpha value is -3.40. The number of carboxylic acids is 2. The van der Waals surface area contributed by atoms with Gasteiger partial charge in [-0.1, -0.05) is 0 Å². The maximum Gasteiger partial charge on any atom is 0.335 e. The molecule has 26 heavy (non-hydrogen) atoms. The Morgan fingerprint density at radius 2 is 1.38 bits per heavy atom. The third-order valence-electron chi connectivity index (χ3n) is 3.21. The second kappa shape index (κ2) is 7.66. The number of nitrogens with one attached hydrogen (secondary N) is 2. The number of carbonyl (C=O) groups is 3. The van der Waals surface area contributed by atoms with Crippen molar-refractivity contribution in [1.82, 2.24) is 5.32 Å². The third-order valence-corrected chi connectivity index (χ3v) is 4.61. The smallest absolute Gasteiger partial charge is 0.335 e. The predicted molar refractivity (Wildman–Crippen MR) is 90.6 cm³/mol. The number of hydrogen-bond donors (Lipinski definition) is 4. The first kappa shape index (κ1) is 18.9. The van der Waals surface area contributed by atoms with Crippen molar-refractivity contribution in [1.29, 1.82) is 0 Å². The van der Waals surface area contributed by atoms with Crippen molar-refractivity contribution in [3.05, 3.63) is 59.7 Å². The summed E-state index contributed by atoms with van der Waals surface area (Å²) in [6.45, 7) is -0.528. The van der Waals surface area contributed by atoms with Crippen LogP contribution in [0.3, 0.4) is 0 Å². The van der Waals surface area contributed by atoms with Crippen LogP contribution in [0.1, 0.15) is 20.7 Å². The molecule has 0 fully saturated rings. The van der Waals surface area contributed by atoms with Crippen LogP contribution in [0.5, 0.6) is 0 Å². The van der Waals surface area contributed by atoms with E-state index in [1.165, 1.54) is 48.5 Å². The molecular formula is C16H14N2O7S. The lowest BCUT2D eigenvalue weighted by atomic mass is 10.2. The molecule has 9 nitrogen and oxygen atoms in total. The van der Waals surface area contributed by atoms with Crippen LogP contribution in [0.15, 0.2) is 53.4 Å². The van der Waals surface area contributed by atoms with Gasteiger partial charge in [-0.3, -0.25) is 14.3 Å². The number of carboxylic acid groups (broad SMARTS) is 2. The van der Waals surface area contributed by atoms with Crippen LogP contribution in [0, 0.1) is 0 Å². The molecule has 2 aromatic carbocycles. The zero-order valence-electron chi connectivity index (χ0n) is 13.2. The quantitative estimate of drug-likeness (QED) is 0.561. The van der Waals surface area contributed by atoms with Gasteiger partial charge in [0.2, 0.25) is 0 Å². The van der Waals surface area contributed by atoms with Crippen molar-refractivity contribution in [2.75, 3.05) is 11.3 Å². The number of amides is 1. The molecule has 1 amide bonds. The fourth-order valence-corrected chi connectivity index (χ4v) is 3.00. The molecule has 0 saturated carbocycles. The van der Waals surface area contributed by atoms with Gasteiger partial charge in [0.1, 0.15) is 6.54 Å². The van der Waals surface area contributed by atoms with E-state index in [2.05, 4.69) is 10.0 Å². The molecule has 0 saturated heterocycles. The van der Waals surface area contributed by atoms with E-state index in [1.807, 2.05) is 0 Å². The van der Waals surface area contributed by atoms with Gasteiger partial charge in [0.05, 0.1) is 10.5 Å². The van der Waals surface area contributed by atoms with Crippen LogP contribution in [0.4, 0.5) is 5.69 Å². The Morgan fingerprint density at radius 1 is 0.846 bits per heavy atom. The molecule has 0 radical (unpaired) electrons. The van der Waals surface area contributed by atoms with Crippen molar-refractivity contribution in [3.63, 3.8) is 0 Å². The standard InChI is InChI=1S/C16H14N2O7S/c19-14(20)9-17-15(21)10-1-5-12(6-2-10)18-26(24,25)13-7-3-11(4-8-13)16(22)23/h1-8,18H,9H2,(H,17,21)(H,19,20)(H,22,23). The molecule has 0 aromatic heterocycles. The SMILES string of the molecule is O=C(O)CNC(=O)c1ccc(NS(=O)(=O)c2ccc(C(=O)O)cc2)cc1. The summed E-state index contributed by atoms with van der Waals surface area (Å²) in [5.74, 6) is -2.96. The molecule has 0 spiro atoms. The third kappa shape index (κ3) is 4.80. The predicted octanol–water partition coefficient (Wildman–Crippen LogP) is 1.000. The summed E-state index contributed by atoms with van der Waals surface area (Å²) in [5, 5.41) is 19.5. The molecule has 0 atom stereocenters. The van der Waals surface area contributed by atoms with Gasteiger partial charge in [-0.15, -0.1) is 0 Å². The number of carbonyl (C=O) groups excluding carboxylic acids is 1. The number of anilines is 1. The van der Waals surface area contributed by atoms with E-state index in [4.69, 9.17) is 10.2 Å². The van der Waals surface area contributed by atoms with Gasteiger partial charge in [0.15, 0.2) is 0 Å². The molecule has 0 aliphatic carbocycles. The Bertz CT molecular complexity index is 936. The van der Waals surface area contributed by atoms with Gasteiger partial charge in [-0.2, -0.15) is 0 Å². The van der Waals surface area contributed by atoms with E-state index in [-0.39, 0.29) is 21.7 Å². The van der Waals surface area contributed by atoms with Gasteiger partial charge >= 0.3 is 11.9 Å². The van der Waals surface area contributed by atoms with E-state index < -0.39 is 34.4 Å². The molecule has 10 heteroatoms. The largest absolute Gasteiger partial charge is 0.480 e. The zero-order chi connectivity index (χ0) is 19.3. The van der Waals surface area contributed by atoms with Crippen LogP contribution in [0.25, 0.3) is 0 Å². The number of aromatic carboxylic acids is 1. The average molecular weight is 378 g/mol. The van der Waals surface area contributed by atoms with E-state index in [1.54, 1.807) is 0 Å². The van der Waals surface area contributed by atoms with Crippen molar-refractivity contribution < 1.29 is 33.0 Å². The summed E-state index contributed by atoms with van der Waals surface area (Å²) >= 11 is 0. The summed E-state index contributed by atoms with van der Waals surface area (Å²) in [4.78, 5) is 32.8. The molecule has 0 aliphatic heterocycles. The topological polar surface area (TPSA) is 150 Å². The lowest BCUT2D eigenvalue weighted by Crippen LogP contribution is -2.29. The summed E-state index contributed by atoms with van der Waals surface area (Å²) in [6, 6.07) is 10.0. The first-order chi connectivity index (χ1) is 12.2. The van der Waals surface area contributed by atoms with Crippen LogP contribution in [-0.4, -0.2) is 43.0 Å². The first-order valence-corrected chi connectivity index (χ1v) is 8.63. The van der Waals surface area contributed by atoms with E-state index in [9.17, 15) is 22.8 Å². The molecule has 0 bridgehead atoms. The molecule has 2 rings (SSSR count). The Balaban J connectivity index is 2.10. The van der Waals surface area contributed by atoms with Gasteiger partial charge in [0.25, 0.3) is 15.9 Å². The summed E-state index contributed by atoms with van der Waals surface area (Å²) in [6.07, 6.45) is 0. The Labute approximate surface area is 148 Å². The summed E-state index contributed by atoms with van der Waals surface area (Å²) < 4.78 is 26.9. The highest BCUT2D eigenvalue weighted by Crippen LogP contribution is 2.17. The van der Waals surface area contributed by atoms with E-state index >= 15 is 0 Å². The molecule has 0 heterocycles. The van der Waals surface area contributed by atoms with Crippen molar-refractivity contribution in [2.45, 2.75) is 4.90 Å². The zero-order valence-corrected chi connectivity index (χ0v) is 14.0. The fraction of sp³-hybridized carbons (Fsp3) is 0.0625. The van der Waals surface area contributed by atoms with Gasteiger partial charge in [0, 0.05) is 11.3 Å². The monoisotopic (exact) mass is 378 g/mol. The van der Waals surface area contributed by atoms with Crippen LogP contribution < -0.4 is 10.0 Å². The second-order valence-electron chi connectivity index (χ2n) is 5.09. The molecular weight excluding hydrogens is 364 g/mol. The first-order valence-electron chi connectivity index (χ1n) is 7.15. The van der Waals surface area contributed by atoms with Gasteiger partial charge < -0.3 is 15.5 Å². The van der Waals surface area contributed by atoms with Crippen molar-refractivity contribution in [3.8, 4) is 0 Å². The number of benzene rings is 2. The number of sulfonamides is 1. The highest BCUT2D eigenvalue weighted by atomic mass is 32.2. The van der Waals surface area contributed by atoms with Crippen LogP contribution in [-0.2, 0) is 14.8 Å². The van der Waals surface area contributed by atoms with E-state index in [0.29, 0.717) is 0 Å². The highest BCUT2D eigenvalue weighted by molar-refractivity contribution is 7.92. The van der Waals surface area contributed by atoms with Crippen molar-refractivity contribution >= 4 is 33.6 Å². The van der Waals surface area contributed by atoms with Crippen LogP contribution in [0.2, 0.25) is 0 Å². The lowest BCUT2D eigenvalue weighted by molar-refractivity contribution is -0.135. The van der Waals surface area contributed by atoms with Gasteiger partial charge in [-0.25, -0.2) is 13.2 Å². The molecule has 0 unspecified atom stereocenters. The van der Waals surface area contributed by atoms with E-state index in [0.717, 1.165) is 0 Å². The summed E-state index contributed by atoms with van der Waals surface area (Å²) in [5.41, 5.74) is 0.308.